The van der Waals surface area contributed by atoms with Crippen LogP contribution in [0.2, 0.25) is 5.02 Å². The smallest absolute Gasteiger partial charge is 0.256 e. The lowest BCUT2D eigenvalue weighted by molar-refractivity contribution is -0.126. The fourth-order valence-corrected chi connectivity index (χ4v) is 5.26. The molecule has 2 saturated heterocycles. The molecule has 2 atom stereocenters. The number of hydrogen-bond donors (Lipinski definition) is 3. The highest BCUT2D eigenvalue weighted by molar-refractivity contribution is 6.31. The maximum atomic E-state index is 13.6. The van der Waals surface area contributed by atoms with Gasteiger partial charge in [0.25, 0.3) is 5.91 Å². The first-order chi connectivity index (χ1) is 16.4. The van der Waals surface area contributed by atoms with Crippen molar-refractivity contribution in [3.63, 3.8) is 0 Å². The summed E-state index contributed by atoms with van der Waals surface area (Å²) in [7, 11) is 1.58. The third kappa shape index (κ3) is 4.23. The molecule has 0 spiro atoms. The number of carbonyl (C=O) groups is 3. The van der Waals surface area contributed by atoms with Crippen molar-refractivity contribution in [2.24, 2.45) is 5.92 Å². The van der Waals surface area contributed by atoms with E-state index >= 15 is 0 Å². The number of rotatable bonds is 4. The average Bonchev–Trinajstić information content (AvgIpc) is 3.24. The van der Waals surface area contributed by atoms with Crippen molar-refractivity contribution in [2.45, 2.75) is 31.3 Å². The Morgan fingerprint density at radius 2 is 1.91 bits per heavy atom. The Bertz CT molecular complexity index is 1150. The normalized spacial score (nSPS) is 22.5. The highest BCUT2D eigenvalue weighted by Crippen LogP contribution is 2.36. The molecule has 8 nitrogen and oxygen atoms in total. The number of benzene rings is 2. The highest BCUT2D eigenvalue weighted by atomic mass is 35.5. The van der Waals surface area contributed by atoms with E-state index in [-0.39, 0.29) is 29.7 Å². The molecule has 9 heteroatoms. The topological polar surface area (TPSA) is 99.8 Å². The van der Waals surface area contributed by atoms with Crippen molar-refractivity contribution >= 4 is 35.0 Å². The van der Waals surface area contributed by atoms with E-state index in [0.717, 1.165) is 37.1 Å². The summed E-state index contributed by atoms with van der Waals surface area (Å²) < 4.78 is 5.47. The van der Waals surface area contributed by atoms with Gasteiger partial charge < -0.3 is 25.6 Å². The summed E-state index contributed by atoms with van der Waals surface area (Å²) >= 11 is 6.20. The van der Waals surface area contributed by atoms with Crippen LogP contribution in [0, 0.1) is 5.92 Å². The SMILES string of the molecule is COc1ccc(Cl)cc1-c1ccc2c(c1)C(=O)N1CC(NC(=O)C3CCNCC3)CC1C(=O)N2. The van der Waals surface area contributed by atoms with E-state index in [2.05, 4.69) is 16.0 Å². The van der Waals surface area contributed by atoms with Crippen LogP contribution in [0.5, 0.6) is 5.75 Å². The summed E-state index contributed by atoms with van der Waals surface area (Å²) in [4.78, 5) is 40.8. The van der Waals surface area contributed by atoms with Gasteiger partial charge in [-0.05, 0) is 68.2 Å². The lowest BCUT2D eigenvalue weighted by Gasteiger charge is -2.24. The molecule has 0 saturated carbocycles. The van der Waals surface area contributed by atoms with Gasteiger partial charge in [0.2, 0.25) is 11.8 Å². The summed E-state index contributed by atoms with van der Waals surface area (Å²) in [5, 5.41) is 9.79. The number of nitrogens with zero attached hydrogens (tertiary/aromatic N) is 1. The third-order valence-corrected chi connectivity index (χ3v) is 7.14. The first-order valence-corrected chi connectivity index (χ1v) is 11.9. The summed E-state index contributed by atoms with van der Waals surface area (Å²) in [6, 6.07) is 9.76. The Balaban J connectivity index is 1.40. The second-order valence-electron chi connectivity index (χ2n) is 9.03. The fourth-order valence-electron chi connectivity index (χ4n) is 5.09. The summed E-state index contributed by atoms with van der Waals surface area (Å²) in [6.45, 7) is 1.96. The number of piperidine rings is 1. The van der Waals surface area contributed by atoms with E-state index in [4.69, 9.17) is 16.3 Å². The molecule has 0 aromatic heterocycles. The Labute approximate surface area is 203 Å². The van der Waals surface area contributed by atoms with Crippen molar-refractivity contribution in [1.29, 1.82) is 0 Å². The van der Waals surface area contributed by atoms with Crippen LogP contribution in [0.1, 0.15) is 29.6 Å². The highest BCUT2D eigenvalue weighted by Gasteiger charge is 2.43. The number of carbonyl (C=O) groups excluding carboxylic acids is 3. The largest absolute Gasteiger partial charge is 0.496 e. The van der Waals surface area contributed by atoms with Gasteiger partial charge in [-0.2, -0.15) is 0 Å². The van der Waals surface area contributed by atoms with Gasteiger partial charge in [0.15, 0.2) is 0 Å². The van der Waals surface area contributed by atoms with Crippen LogP contribution in [-0.2, 0) is 9.59 Å². The zero-order valence-electron chi connectivity index (χ0n) is 18.9. The predicted molar refractivity (Wildman–Crippen MR) is 129 cm³/mol. The zero-order valence-corrected chi connectivity index (χ0v) is 19.7. The quantitative estimate of drug-likeness (QED) is 0.622. The van der Waals surface area contributed by atoms with E-state index in [1.54, 1.807) is 42.3 Å². The van der Waals surface area contributed by atoms with E-state index in [0.29, 0.717) is 35.0 Å². The van der Waals surface area contributed by atoms with Gasteiger partial charge in [0, 0.05) is 29.1 Å². The van der Waals surface area contributed by atoms with Gasteiger partial charge in [-0.3, -0.25) is 14.4 Å². The third-order valence-electron chi connectivity index (χ3n) is 6.90. The van der Waals surface area contributed by atoms with Crippen molar-refractivity contribution in [2.75, 3.05) is 32.1 Å². The second kappa shape index (κ2) is 9.27. The molecule has 2 aromatic carbocycles. The Morgan fingerprint density at radius 1 is 1.12 bits per heavy atom. The number of amides is 3. The van der Waals surface area contributed by atoms with Crippen LogP contribution in [0.3, 0.4) is 0 Å². The van der Waals surface area contributed by atoms with Gasteiger partial charge in [-0.15, -0.1) is 0 Å². The van der Waals surface area contributed by atoms with Crippen LogP contribution in [0.4, 0.5) is 5.69 Å². The van der Waals surface area contributed by atoms with E-state index in [9.17, 15) is 14.4 Å². The number of halogens is 1. The number of methoxy groups -OCH3 is 1. The molecular weight excluding hydrogens is 456 g/mol. The van der Waals surface area contributed by atoms with Gasteiger partial charge in [0.05, 0.1) is 18.4 Å². The zero-order chi connectivity index (χ0) is 23.8. The summed E-state index contributed by atoms with van der Waals surface area (Å²) in [5.74, 6) is 0.141. The summed E-state index contributed by atoms with van der Waals surface area (Å²) in [5.41, 5.74) is 2.39. The summed E-state index contributed by atoms with van der Waals surface area (Å²) in [6.07, 6.45) is 2.00. The molecule has 178 valence electrons. The number of fused-ring (bicyclic) bond motifs is 2. The molecule has 3 heterocycles. The van der Waals surface area contributed by atoms with Crippen molar-refractivity contribution in [1.82, 2.24) is 15.5 Å². The minimum absolute atomic E-state index is 0.00718. The second-order valence-corrected chi connectivity index (χ2v) is 9.47. The maximum absolute atomic E-state index is 13.6. The minimum Gasteiger partial charge on any atom is -0.496 e. The molecule has 0 bridgehead atoms. The molecule has 2 unspecified atom stereocenters. The molecule has 3 aliphatic heterocycles. The van der Waals surface area contributed by atoms with Crippen molar-refractivity contribution < 1.29 is 19.1 Å². The van der Waals surface area contributed by atoms with Crippen LogP contribution in [-0.4, -0.2) is 61.4 Å². The molecule has 2 fully saturated rings. The van der Waals surface area contributed by atoms with Crippen LogP contribution in [0.25, 0.3) is 11.1 Å². The van der Waals surface area contributed by atoms with E-state index < -0.39 is 6.04 Å². The Kier molecular flexibility index (Phi) is 6.18. The minimum atomic E-state index is -0.623. The molecule has 3 amide bonds. The molecule has 0 aliphatic carbocycles. The first kappa shape index (κ1) is 22.7. The number of hydrogen-bond acceptors (Lipinski definition) is 5. The Hall–Kier alpha value is -3.10. The van der Waals surface area contributed by atoms with E-state index in [1.807, 2.05) is 6.07 Å². The number of ether oxygens (including phenoxy) is 1. The number of anilines is 1. The molecule has 2 aromatic rings. The monoisotopic (exact) mass is 482 g/mol. The molecule has 3 N–H and O–H groups in total. The molecule has 5 rings (SSSR count). The predicted octanol–water partition coefficient (Wildman–Crippen LogP) is 2.67. The van der Waals surface area contributed by atoms with Gasteiger partial charge in [-0.25, -0.2) is 0 Å². The van der Waals surface area contributed by atoms with Gasteiger partial charge in [-0.1, -0.05) is 17.7 Å². The average molecular weight is 483 g/mol. The van der Waals surface area contributed by atoms with E-state index in [1.165, 1.54) is 0 Å². The Morgan fingerprint density at radius 3 is 2.68 bits per heavy atom. The lowest BCUT2D eigenvalue weighted by Crippen LogP contribution is -2.44. The molecule has 34 heavy (non-hydrogen) atoms. The molecule has 0 radical (unpaired) electrons. The molecular formula is C25H27ClN4O4. The van der Waals surface area contributed by atoms with Crippen LogP contribution < -0.4 is 20.7 Å². The fraction of sp³-hybridized carbons (Fsp3) is 0.400. The standard InChI is InChI=1S/C25H27ClN4O4/c1-34-22-5-3-16(26)11-18(22)15-2-4-20-19(10-15)25(33)30-13-17(12-21(30)24(32)29-20)28-23(31)14-6-8-27-9-7-14/h2-5,10-11,14,17,21,27H,6-9,12-13H2,1H3,(H,28,31)(H,29,32). The van der Waals surface area contributed by atoms with Crippen LogP contribution in [0.15, 0.2) is 36.4 Å². The molecule has 3 aliphatic rings. The van der Waals surface area contributed by atoms with Crippen molar-refractivity contribution in [3.05, 3.63) is 47.0 Å². The maximum Gasteiger partial charge on any atom is 0.256 e. The first-order valence-electron chi connectivity index (χ1n) is 11.6. The van der Waals surface area contributed by atoms with Gasteiger partial charge in [0.1, 0.15) is 11.8 Å². The van der Waals surface area contributed by atoms with Crippen LogP contribution >= 0.6 is 11.6 Å². The lowest BCUT2D eigenvalue weighted by atomic mass is 9.96. The van der Waals surface area contributed by atoms with Crippen molar-refractivity contribution in [3.8, 4) is 16.9 Å². The van der Waals surface area contributed by atoms with Gasteiger partial charge >= 0.3 is 0 Å². The number of nitrogens with one attached hydrogen (secondary N) is 3.